The number of nitrogens with one attached hydrogen (secondary N) is 1. The van der Waals surface area contributed by atoms with Crippen LogP contribution in [0.4, 0.5) is 21.6 Å². The van der Waals surface area contributed by atoms with Crippen LogP contribution in [-0.2, 0) is 0 Å². The molecule has 2 aromatic rings. The van der Waals surface area contributed by atoms with Gasteiger partial charge in [-0.15, -0.1) is 0 Å². The highest BCUT2D eigenvalue weighted by molar-refractivity contribution is 9.10. The quantitative estimate of drug-likeness (QED) is 0.864. The Kier molecular flexibility index (Phi) is 3.73. The zero-order valence-electron chi connectivity index (χ0n) is 9.47. The Morgan fingerprint density at radius 1 is 1.39 bits per heavy atom. The number of benzene rings is 1. The maximum Gasteiger partial charge on any atom is 0.153 e. The summed E-state index contributed by atoms with van der Waals surface area (Å²) >= 11 is 9.22. The Balaban J connectivity index is 2.43. The maximum absolute atomic E-state index is 13.1. The summed E-state index contributed by atoms with van der Waals surface area (Å²) in [7, 11) is 0. The average molecular weight is 331 g/mol. The van der Waals surface area contributed by atoms with Crippen molar-refractivity contribution in [1.82, 2.24) is 4.98 Å². The standard InChI is InChI=1S/C12H10BrClFN3/c1-6-2-3-10(16)12(17-6)18-11-8(13)4-7(15)5-9(11)14/h2-5H,16H2,1H3,(H,17,18). The molecule has 0 fully saturated rings. The number of aromatic nitrogens is 1. The van der Waals surface area contributed by atoms with Gasteiger partial charge in [-0.2, -0.15) is 0 Å². The van der Waals surface area contributed by atoms with E-state index in [2.05, 4.69) is 26.2 Å². The van der Waals surface area contributed by atoms with Crippen LogP contribution in [0.3, 0.4) is 0 Å². The number of rotatable bonds is 2. The molecule has 18 heavy (non-hydrogen) atoms. The van der Waals surface area contributed by atoms with Gasteiger partial charge in [-0.1, -0.05) is 11.6 Å². The molecule has 0 aliphatic rings. The van der Waals surface area contributed by atoms with Crippen molar-refractivity contribution in [3.8, 4) is 0 Å². The van der Waals surface area contributed by atoms with Gasteiger partial charge in [0.2, 0.25) is 0 Å². The van der Waals surface area contributed by atoms with Crippen LogP contribution >= 0.6 is 27.5 Å². The molecule has 1 heterocycles. The number of hydrogen-bond donors (Lipinski definition) is 2. The lowest BCUT2D eigenvalue weighted by molar-refractivity contribution is 0.627. The minimum Gasteiger partial charge on any atom is -0.396 e. The normalized spacial score (nSPS) is 10.4. The lowest BCUT2D eigenvalue weighted by atomic mass is 10.3. The van der Waals surface area contributed by atoms with E-state index in [1.165, 1.54) is 12.1 Å². The van der Waals surface area contributed by atoms with E-state index in [1.807, 2.05) is 13.0 Å². The predicted octanol–water partition coefficient (Wildman–Crippen LogP) is 4.27. The highest BCUT2D eigenvalue weighted by Crippen LogP contribution is 2.34. The van der Waals surface area contributed by atoms with Crippen LogP contribution in [0, 0.1) is 12.7 Å². The van der Waals surface area contributed by atoms with E-state index >= 15 is 0 Å². The lowest BCUT2D eigenvalue weighted by Crippen LogP contribution is -2.01. The highest BCUT2D eigenvalue weighted by Gasteiger charge is 2.10. The van der Waals surface area contributed by atoms with E-state index in [1.54, 1.807) is 6.07 Å². The van der Waals surface area contributed by atoms with Crippen molar-refractivity contribution in [3.63, 3.8) is 0 Å². The monoisotopic (exact) mass is 329 g/mol. The minimum absolute atomic E-state index is 0.254. The zero-order chi connectivity index (χ0) is 13.3. The van der Waals surface area contributed by atoms with Gasteiger partial charge in [0, 0.05) is 10.2 Å². The average Bonchev–Trinajstić information content (AvgIpc) is 2.28. The largest absolute Gasteiger partial charge is 0.396 e. The topological polar surface area (TPSA) is 50.9 Å². The third-order valence-corrected chi connectivity index (χ3v) is 3.24. The third-order valence-electron chi connectivity index (χ3n) is 2.32. The molecule has 0 saturated carbocycles. The molecule has 0 unspecified atom stereocenters. The van der Waals surface area contributed by atoms with Crippen molar-refractivity contribution >= 4 is 44.7 Å². The van der Waals surface area contributed by atoms with Crippen molar-refractivity contribution < 1.29 is 4.39 Å². The zero-order valence-corrected chi connectivity index (χ0v) is 11.8. The summed E-state index contributed by atoms with van der Waals surface area (Å²) in [6.07, 6.45) is 0. The number of nitrogens with zero attached hydrogens (tertiary/aromatic N) is 1. The summed E-state index contributed by atoms with van der Waals surface area (Å²) in [5.41, 5.74) is 7.65. The first-order valence-electron chi connectivity index (χ1n) is 5.12. The summed E-state index contributed by atoms with van der Waals surface area (Å²) in [4.78, 5) is 4.26. The second-order valence-electron chi connectivity index (χ2n) is 3.76. The van der Waals surface area contributed by atoms with Gasteiger partial charge in [0.15, 0.2) is 5.82 Å². The van der Waals surface area contributed by atoms with E-state index < -0.39 is 5.82 Å². The molecule has 1 aromatic carbocycles. The third kappa shape index (κ3) is 2.73. The van der Waals surface area contributed by atoms with Crippen LogP contribution in [0.15, 0.2) is 28.7 Å². The SMILES string of the molecule is Cc1ccc(N)c(Nc2c(Cl)cc(F)cc2Br)n1. The summed E-state index contributed by atoms with van der Waals surface area (Å²) in [6.45, 7) is 1.85. The van der Waals surface area contributed by atoms with Crippen molar-refractivity contribution in [2.75, 3.05) is 11.1 Å². The number of nitrogens with two attached hydrogens (primary N) is 1. The molecule has 6 heteroatoms. The molecule has 0 bridgehead atoms. The fourth-order valence-electron chi connectivity index (χ4n) is 1.45. The smallest absolute Gasteiger partial charge is 0.153 e. The predicted molar refractivity (Wildman–Crippen MR) is 75.8 cm³/mol. The second-order valence-corrected chi connectivity index (χ2v) is 5.02. The second kappa shape index (κ2) is 5.12. The number of aryl methyl sites for hydroxylation is 1. The number of anilines is 3. The van der Waals surface area contributed by atoms with Crippen molar-refractivity contribution in [2.24, 2.45) is 0 Å². The number of pyridine rings is 1. The molecule has 1 aromatic heterocycles. The van der Waals surface area contributed by atoms with Crippen molar-refractivity contribution in [2.45, 2.75) is 6.92 Å². The van der Waals surface area contributed by atoms with Gasteiger partial charge in [0.1, 0.15) is 5.82 Å². The summed E-state index contributed by atoms with van der Waals surface area (Å²) in [5, 5.41) is 3.25. The van der Waals surface area contributed by atoms with Gasteiger partial charge in [-0.05, 0) is 47.1 Å². The molecular weight excluding hydrogens is 321 g/mol. The fourth-order valence-corrected chi connectivity index (χ4v) is 2.35. The molecule has 0 spiro atoms. The van der Waals surface area contributed by atoms with Crippen molar-refractivity contribution in [3.05, 3.63) is 45.3 Å². The molecule has 0 saturated heterocycles. The minimum atomic E-state index is -0.414. The van der Waals surface area contributed by atoms with E-state index in [0.29, 0.717) is 21.7 Å². The van der Waals surface area contributed by atoms with E-state index in [-0.39, 0.29) is 5.02 Å². The molecule has 0 aliphatic carbocycles. The number of nitrogen functional groups attached to an aromatic ring is 1. The highest BCUT2D eigenvalue weighted by atomic mass is 79.9. The van der Waals surface area contributed by atoms with Gasteiger partial charge in [0.25, 0.3) is 0 Å². The Bertz CT molecular complexity index is 581. The van der Waals surface area contributed by atoms with Crippen LogP contribution in [-0.4, -0.2) is 4.98 Å². The summed E-state index contributed by atoms with van der Waals surface area (Å²) in [6, 6.07) is 6.10. The Morgan fingerprint density at radius 3 is 2.78 bits per heavy atom. The summed E-state index contributed by atoms with van der Waals surface area (Å²) in [5.74, 6) is 0.0757. The van der Waals surface area contributed by atoms with Gasteiger partial charge >= 0.3 is 0 Å². The number of halogens is 3. The van der Waals surface area contributed by atoms with Crippen LogP contribution in [0.5, 0.6) is 0 Å². The van der Waals surface area contributed by atoms with Crippen LogP contribution in [0.2, 0.25) is 5.02 Å². The molecular formula is C12H10BrClFN3. The molecule has 0 aliphatic heterocycles. The first kappa shape index (κ1) is 13.1. The maximum atomic E-state index is 13.1. The Morgan fingerprint density at radius 2 is 2.11 bits per heavy atom. The number of hydrogen-bond acceptors (Lipinski definition) is 3. The molecule has 2 rings (SSSR count). The molecule has 0 amide bonds. The molecule has 0 atom stereocenters. The van der Waals surface area contributed by atoms with Crippen LogP contribution < -0.4 is 11.1 Å². The van der Waals surface area contributed by atoms with E-state index in [4.69, 9.17) is 17.3 Å². The molecule has 0 radical (unpaired) electrons. The molecule has 3 nitrogen and oxygen atoms in total. The van der Waals surface area contributed by atoms with E-state index in [9.17, 15) is 4.39 Å². The van der Waals surface area contributed by atoms with Gasteiger partial charge in [0.05, 0.1) is 16.4 Å². The van der Waals surface area contributed by atoms with Gasteiger partial charge < -0.3 is 11.1 Å². The van der Waals surface area contributed by atoms with Gasteiger partial charge in [-0.3, -0.25) is 0 Å². The Labute approximate surface area is 117 Å². The Hall–Kier alpha value is -1.33. The van der Waals surface area contributed by atoms with Gasteiger partial charge in [-0.25, -0.2) is 9.37 Å². The first-order valence-corrected chi connectivity index (χ1v) is 6.29. The fraction of sp³-hybridized carbons (Fsp3) is 0.0833. The molecule has 3 N–H and O–H groups in total. The molecule has 94 valence electrons. The first-order chi connectivity index (χ1) is 8.47. The van der Waals surface area contributed by atoms with Crippen LogP contribution in [0.25, 0.3) is 0 Å². The lowest BCUT2D eigenvalue weighted by Gasteiger charge is -2.12. The summed E-state index contributed by atoms with van der Waals surface area (Å²) < 4.78 is 13.6. The van der Waals surface area contributed by atoms with E-state index in [0.717, 1.165) is 5.69 Å². The van der Waals surface area contributed by atoms with Crippen LogP contribution in [0.1, 0.15) is 5.69 Å². The van der Waals surface area contributed by atoms with Crippen molar-refractivity contribution in [1.29, 1.82) is 0 Å².